The van der Waals surface area contributed by atoms with E-state index in [-0.39, 0.29) is 19.6 Å². The Morgan fingerprint density at radius 3 is 1.41 bits per heavy atom. The summed E-state index contributed by atoms with van der Waals surface area (Å²) in [7, 11) is -5.08. The van der Waals surface area contributed by atoms with Crippen molar-refractivity contribution in [3.63, 3.8) is 0 Å². The predicted octanol–water partition coefficient (Wildman–Crippen LogP) is 12.0. The van der Waals surface area contributed by atoms with Crippen molar-refractivity contribution in [2.45, 2.75) is 205 Å². The number of ether oxygens (including phenoxy) is 4. The summed E-state index contributed by atoms with van der Waals surface area (Å²) in [5.41, 5.74) is 0. The maximum Gasteiger partial charge on any atom is 0.397 e. The van der Waals surface area contributed by atoms with Crippen LogP contribution in [0.5, 0.6) is 0 Å². The fraction of sp³-hybridized carbons (Fsp3) is 0.655. The largest absolute Gasteiger partial charge is 0.457 e. The third kappa shape index (κ3) is 37.6. The number of hydrogen-bond acceptors (Lipinski definition) is 11. The summed E-state index contributed by atoms with van der Waals surface area (Å²) in [6, 6.07) is 0. The third-order valence-electron chi connectivity index (χ3n) is 10.9. The van der Waals surface area contributed by atoms with Crippen LogP contribution in [0, 0.1) is 0 Å². The van der Waals surface area contributed by atoms with Gasteiger partial charge in [-0.2, -0.15) is 8.42 Å². The summed E-state index contributed by atoms with van der Waals surface area (Å²) >= 11 is 0. The van der Waals surface area contributed by atoms with Crippen LogP contribution in [0.25, 0.3) is 0 Å². The molecular formula is C55H90O12S. The van der Waals surface area contributed by atoms with Crippen LogP contribution in [0.1, 0.15) is 168 Å². The highest BCUT2D eigenvalue weighted by Crippen LogP contribution is 2.26. The van der Waals surface area contributed by atoms with Gasteiger partial charge >= 0.3 is 16.4 Å². The summed E-state index contributed by atoms with van der Waals surface area (Å²) in [4.78, 5) is 12.9. The lowest BCUT2D eigenvalue weighted by atomic mass is 9.99. The van der Waals surface area contributed by atoms with Crippen LogP contribution < -0.4 is 0 Å². The van der Waals surface area contributed by atoms with Crippen molar-refractivity contribution in [1.82, 2.24) is 0 Å². The SMILES string of the molecule is CC/C=C\C/C=C\C/C=C\C/C=C\C/C=C\C/C=C\CCCCCCC(=O)OC(COCCCCCCCCCC/C=C\C/C=C\C/C=C\CC)COC1OC(CO)C(O)C(OS(=O)(=O)O)C1O. The second-order valence-corrected chi connectivity index (χ2v) is 18.0. The molecule has 0 aromatic rings. The molecule has 0 aliphatic carbocycles. The average Bonchev–Trinajstić information content (AvgIpc) is 3.31. The lowest BCUT2D eigenvalue weighted by Gasteiger charge is -2.41. The van der Waals surface area contributed by atoms with E-state index in [0.717, 1.165) is 109 Å². The number of aliphatic hydroxyl groups is 3. The van der Waals surface area contributed by atoms with Gasteiger partial charge in [0.05, 0.1) is 19.8 Å². The van der Waals surface area contributed by atoms with Crippen molar-refractivity contribution < 1.29 is 56.2 Å². The van der Waals surface area contributed by atoms with Crippen LogP contribution in [0.4, 0.5) is 0 Å². The molecule has 0 saturated carbocycles. The lowest BCUT2D eigenvalue weighted by molar-refractivity contribution is -0.301. The number of carbonyl (C=O) groups excluding carboxylic acids is 1. The van der Waals surface area contributed by atoms with E-state index >= 15 is 0 Å². The highest BCUT2D eigenvalue weighted by molar-refractivity contribution is 7.80. The normalized spacial score (nSPS) is 20.2. The Labute approximate surface area is 411 Å². The molecule has 0 aromatic carbocycles. The molecule has 388 valence electrons. The van der Waals surface area contributed by atoms with Crippen LogP contribution in [0.3, 0.4) is 0 Å². The highest BCUT2D eigenvalue weighted by Gasteiger charge is 2.48. The molecule has 0 radical (unpaired) electrons. The molecular weight excluding hydrogens is 885 g/mol. The first kappa shape index (κ1) is 62.8. The first-order chi connectivity index (χ1) is 33.1. The number of allylic oxidation sites excluding steroid dienone is 18. The Kier molecular flexibility index (Phi) is 41.5. The molecule has 4 N–H and O–H groups in total. The molecule has 0 spiro atoms. The van der Waals surface area contributed by atoms with Crippen LogP contribution >= 0.6 is 0 Å². The standard InChI is InChI=1S/C55H90O12S/c1-3-5-7-9-11-13-15-17-19-21-23-24-25-26-27-28-30-32-34-36-38-40-42-44-51(57)65-49(48-64-55-53(59)54(67-68(60,61)62)52(58)50(46-56)66-55)47-63-45-43-41-39-37-35-33-31-29-22-20-18-16-14-12-10-8-6-4-2/h5-8,11-14,17-20,23-24,26-27,30,32,49-50,52-56,58-59H,3-4,9-10,15-16,21-22,25,28-29,31,33-48H2,1-2H3,(H,60,61,62)/b7-5-,8-6-,13-11-,14-12-,19-17-,20-18-,24-23-,27-26-,32-30-. The minimum Gasteiger partial charge on any atom is -0.457 e. The minimum atomic E-state index is -5.08. The van der Waals surface area contributed by atoms with E-state index in [1.807, 2.05) is 0 Å². The van der Waals surface area contributed by atoms with Crippen molar-refractivity contribution in [1.29, 1.82) is 0 Å². The maximum atomic E-state index is 12.9. The van der Waals surface area contributed by atoms with Gasteiger partial charge < -0.3 is 34.3 Å². The van der Waals surface area contributed by atoms with E-state index in [2.05, 4.69) is 127 Å². The second-order valence-electron chi connectivity index (χ2n) is 17.0. The number of aliphatic hydroxyl groups excluding tert-OH is 3. The van der Waals surface area contributed by atoms with Crippen LogP contribution in [-0.2, 0) is 38.3 Å². The van der Waals surface area contributed by atoms with E-state index in [9.17, 15) is 33.1 Å². The number of esters is 1. The summed E-state index contributed by atoms with van der Waals surface area (Å²) in [6.45, 7) is 3.70. The van der Waals surface area contributed by atoms with E-state index in [4.69, 9.17) is 18.9 Å². The van der Waals surface area contributed by atoms with Crippen molar-refractivity contribution in [2.24, 2.45) is 0 Å². The smallest absolute Gasteiger partial charge is 0.397 e. The van der Waals surface area contributed by atoms with E-state index in [1.54, 1.807) is 0 Å². The Morgan fingerprint density at radius 2 is 0.971 bits per heavy atom. The predicted molar refractivity (Wildman–Crippen MR) is 275 cm³/mol. The zero-order chi connectivity index (χ0) is 49.6. The van der Waals surface area contributed by atoms with Gasteiger partial charge in [-0.3, -0.25) is 9.35 Å². The van der Waals surface area contributed by atoms with Crippen molar-refractivity contribution >= 4 is 16.4 Å². The summed E-state index contributed by atoms with van der Waals surface area (Å²) in [6.07, 6.45) is 54.0. The quantitative estimate of drug-likeness (QED) is 0.0197. The molecule has 1 heterocycles. The average molecular weight is 975 g/mol. The van der Waals surface area contributed by atoms with Gasteiger partial charge in [-0.25, -0.2) is 4.18 Å². The maximum absolute atomic E-state index is 12.9. The lowest BCUT2D eigenvalue weighted by Crippen LogP contribution is -2.60. The van der Waals surface area contributed by atoms with Gasteiger partial charge in [0.25, 0.3) is 0 Å². The molecule has 1 rings (SSSR count). The molecule has 68 heavy (non-hydrogen) atoms. The van der Waals surface area contributed by atoms with Gasteiger partial charge in [0.15, 0.2) is 6.29 Å². The molecule has 1 aliphatic rings. The van der Waals surface area contributed by atoms with Gasteiger partial charge in [0.1, 0.15) is 30.5 Å². The molecule has 0 aromatic heterocycles. The number of hydrogen-bond donors (Lipinski definition) is 4. The second kappa shape index (κ2) is 44.9. The minimum absolute atomic E-state index is 0.0125. The fourth-order valence-electron chi connectivity index (χ4n) is 7.10. The van der Waals surface area contributed by atoms with Crippen molar-refractivity contribution in [3.8, 4) is 0 Å². The number of carbonyl (C=O) groups is 1. The Balaban J connectivity index is 2.40. The molecule has 6 atom stereocenters. The van der Waals surface area contributed by atoms with Gasteiger partial charge in [0.2, 0.25) is 0 Å². The highest BCUT2D eigenvalue weighted by atomic mass is 32.3. The Hall–Kier alpha value is -3.24. The first-order valence-corrected chi connectivity index (χ1v) is 27.0. The van der Waals surface area contributed by atoms with Gasteiger partial charge in [-0.05, 0) is 96.3 Å². The van der Waals surface area contributed by atoms with E-state index < -0.39 is 59.8 Å². The molecule has 12 nitrogen and oxygen atoms in total. The van der Waals surface area contributed by atoms with Crippen LogP contribution in [-0.4, -0.2) is 97.5 Å². The number of rotatable bonds is 43. The van der Waals surface area contributed by atoms with Crippen molar-refractivity contribution in [3.05, 3.63) is 109 Å². The third-order valence-corrected chi connectivity index (χ3v) is 11.4. The molecule has 0 amide bonds. The fourth-order valence-corrected chi connectivity index (χ4v) is 7.61. The van der Waals surface area contributed by atoms with Crippen LogP contribution in [0.2, 0.25) is 0 Å². The zero-order valence-corrected chi connectivity index (χ0v) is 42.4. The molecule has 6 unspecified atom stereocenters. The molecule has 1 fully saturated rings. The monoisotopic (exact) mass is 975 g/mol. The zero-order valence-electron chi connectivity index (χ0n) is 41.6. The van der Waals surface area contributed by atoms with Crippen molar-refractivity contribution in [2.75, 3.05) is 26.4 Å². The molecule has 13 heteroatoms. The Morgan fingerprint density at radius 1 is 0.559 bits per heavy atom. The van der Waals surface area contributed by atoms with Gasteiger partial charge in [-0.15, -0.1) is 0 Å². The summed E-state index contributed by atoms with van der Waals surface area (Å²) in [5.74, 6) is -0.431. The Bertz CT molecular complexity index is 1590. The molecule has 1 aliphatic heterocycles. The summed E-state index contributed by atoms with van der Waals surface area (Å²) < 4.78 is 59.2. The first-order valence-electron chi connectivity index (χ1n) is 25.6. The van der Waals surface area contributed by atoms with E-state index in [1.165, 1.54) is 32.1 Å². The number of unbranched alkanes of at least 4 members (excludes halogenated alkanes) is 12. The van der Waals surface area contributed by atoms with Gasteiger partial charge in [0, 0.05) is 13.0 Å². The van der Waals surface area contributed by atoms with E-state index in [0.29, 0.717) is 13.0 Å². The summed E-state index contributed by atoms with van der Waals surface area (Å²) in [5, 5.41) is 30.8. The topological polar surface area (TPSA) is 178 Å². The molecule has 1 saturated heterocycles. The van der Waals surface area contributed by atoms with Gasteiger partial charge in [-0.1, -0.05) is 175 Å². The molecule has 0 bridgehead atoms. The van der Waals surface area contributed by atoms with Crippen LogP contribution in [0.15, 0.2) is 109 Å².